The molecule has 25 heavy (non-hydrogen) atoms. The van der Waals surface area contributed by atoms with Gasteiger partial charge in [-0.15, -0.1) is 0 Å². The molecule has 0 fully saturated rings. The Bertz CT molecular complexity index is 917. The van der Waals surface area contributed by atoms with Gasteiger partial charge in [-0.2, -0.15) is 5.10 Å². The van der Waals surface area contributed by atoms with E-state index >= 15 is 0 Å². The Labute approximate surface area is 155 Å². The minimum Gasteiger partial charge on any atom is -0.352 e. The summed E-state index contributed by atoms with van der Waals surface area (Å²) in [7, 11) is 0. The Morgan fingerprint density at radius 3 is 2.80 bits per heavy atom. The minimum atomic E-state index is -0.101. The van der Waals surface area contributed by atoms with Gasteiger partial charge in [-0.25, -0.2) is 9.67 Å². The molecule has 5 nitrogen and oxygen atoms in total. The lowest BCUT2D eigenvalue weighted by atomic mass is 10.1. The number of hydrogen-bond acceptors (Lipinski definition) is 3. The second-order valence-electron chi connectivity index (χ2n) is 6.31. The molecule has 0 spiro atoms. The van der Waals surface area contributed by atoms with Gasteiger partial charge in [0, 0.05) is 22.4 Å². The summed E-state index contributed by atoms with van der Waals surface area (Å²) in [6.07, 6.45) is 2.53. The molecule has 0 radical (unpaired) electrons. The highest BCUT2D eigenvalue weighted by atomic mass is 79.9. The average molecular weight is 401 g/mol. The van der Waals surface area contributed by atoms with Crippen LogP contribution in [0.15, 0.2) is 41.0 Å². The van der Waals surface area contributed by atoms with Crippen LogP contribution >= 0.6 is 15.9 Å². The van der Waals surface area contributed by atoms with Crippen LogP contribution in [-0.4, -0.2) is 27.2 Å². The van der Waals surface area contributed by atoms with Crippen molar-refractivity contribution in [2.45, 2.75) is 33.2 Å². The van der Waals surface area contributed by atoms with Gasteiger partial charge < -0.3 is 5.32 Å². The van der Waals surface area contributed by atoms with Crippen LogP contribution in [0, 0.1) is 6.92 Å². The summed E-state index contributed by atoms with van der Waals surface area (Å²) < 4.78 is 2.93. The van der Waals surface area contributed by atoms with Crippen LogP contribution in [0.25, 0.3) is 11.0 Å². The van der Waals surface area contributed by atoms with Crippen LogP contribution in [0.5, 0.6) is 0 Å². The molecule has 0 atom stereocenters. The smallest absolute Gasteiger partial charge is 0.253 e. The van der Waals surface area contributed by atoms with E-state index in [9.17, 15) is 4.79 Å². The van der Waals surface area contributed by atoms with Crippen LogP contribution in [-0.2, 0) is 6.42 Å². The highest BCUT2D eigenvalue weighted by molar-refractivity contribution is 9.10. The number of carbonyl (C=O) groups is 1. The topological polar surface area (TPSA) is 59.8 Å². The molecule has 0 unspecified atom stereocenters. The number of aryl methyl sites for hydroxylation is 1. The first kappa shape index (κ1) is 17.6. The summed E-state index contributed by atoms with van der Waals surface area (Å²) in [4.78, 5) is 17.1. The molecular weight excluding hydrogens is 380 g/mol. The van der Waals surface area contributed by atoms with Gasteiger partial charge in [0.15, 0.2) is 5.65 Å². The largest absolute Gasteiger partial charge is 0.352 e. The van der Waals surface area contributed by atoms with Gasteiger partial charge in [-0.05, 0) is 44.9 Å². The second kappa shape index (κ2) is 7.35. The van der Waals surface area contributed by atoms with Crippen LogP contribution in [0.4, 0.5) is 0 Å². The zero-order valence-corrected chi connectivity index (χ0v) is 16.2. The van der Waals surface area contributed by atoms with E-state index in [1.165, 1.54) is 5.56 Å². The van der Waals surface area contributed by atoms with Crippen LogP contribution < -0.4 is 5.32 Å². The van der Waals surface area contributed by atoms with E-state index in [0.717, 1.165) is 21.9 Å². The number of pyridine rings is 1. The van der Waals surface area contributed by atoms with Crippen molar-refractivity contribution in [3.8, 4) is 0 Å². The third-order valence-corrected chi connectivity index (χ3v) is 4.90. The fourth-order valence-corrected chi connectivity index (χ4v) is 3.26. The zero-order valence-electron chi connectivity index (χ0n) is 14.6. The molecule has 0 aliphatic heterocycles. The van der Waals surface area contributed by atoms with E-state index in [0.29, 0.717) is 17.8 Å². The lowest BCUT2D eigenvalue weighted by Gasteiger charge is -2.10. The number of hydrogen-bond donors (Lipinski definition) is 1. The molecule has 2 heterocycles. The van der Waals surface area contributed by atoms with Gasteiger partial charge in [0.25, 0.3) is 5.91 Å². The molecule has 0 aliphatic carbocycles. The van der Waals surface area contributed by atoms with Crippen LogP contribution in [0.3, 0.4) is 0 Å². The standard InChI is InChI=1S/C19H21BrN4O/c1-12(2)24-18-15(11-22-24)10-16(13(3)23-18)19(25)21-9-8-14-6-4-5-7-17(14)20/h4-7,10-12H,8-9H2,1-3H3,(H,21,25). The Morgan fingerprint density at radius 2 is 2.08 bits per heavy atom. The summed E-state index contributed by atoms with van der Waals surface area (Å²) >= 11 is 3.53. The number of amides is 1. The maximum atomic E-state index is 12.5. The Morgan fingerprint density at radius 1 is 1.32 bits per heavy atom. The van der Waals surface area contributed by atoms with Gasteiger partial charge in [-0.1, -0.05) is 34.1 Å². The number of benzene rings is 1. The van der Waals surface area contributed by atoms with Crippen molar-refractivity contribution >= 4 is 32.9 Å². The molecule has 130 valence electrons. The van der Waals surface area contributed by atoms with Gasteiger partial charge in [0.1, 0.15) is 0 Å². The molecule has 2 aromatic heterocycles. The number of halogens is 1. The molecule has 3 rings (SSSR count). The van der Waals surface area contributed by atoms with Crippen molar-refractivity contribution in [3.63, 3.8) is 0 Å². The van der Waals surface area contributed by atoms with E-state index in [4.69, 9.17) is 0 Å². The maximum absolute atomic E-state index is 12.5. The third-order valence-electron chi connectivity index (χ3n) is 4.13. The normalized spacial score (nSPS) is 11.2. The molecule has 0 bridgehead atoms. The third kappa shape index (κ3) is 3.74. The molecule has 1 amide bonds. The second-order valence-corrected chi connectivity index (χ2v) is 7.17. The minimum absolute atomic E-state index is 0.101. The molecule has 0 aliphatic rings. The summed E-state index contributed by atoms with van der Waals surface area (Å²) in [5, 5.41) is 8.23. The SMILES string of the molecule is Cc1nc2c(cnn2C(C)C)cc1C(=O)NCCc1ccccc1Br. The van der Waals surface area contributed by atoms with Crippen molar-refractivity contribution in [3.05, 3.63) is 57.8 Å². The maximum Gasteiger partial charge on any atom is 0.253 e. The van der Waals surface area contributed by atoms with E-state index in [-0.39, 0.29) is 11.9 Å². The van der Waals surface area contributed by atoms with E-state index in [1.54, 1.807) is 6.20 Å². The molecule has 3 aromatic rings. The van der Waals surface area contributed by atoms with Crippen molar-refractivity contribution in [2.24, 2.45) is 0 Å². The van der Waals surface area contributed by atoms with Crippen LogP contribution in [0.2, 0.25) is 0 Å². The number of fused-ring (bicyclic) bond motifs is 1. The molecule has 6 heteroatoms. The molecular formula is C19H21BrN4O. The number of nitrogens with one attached hydrogen (secondary N) is 1. The first-order valence-corrected chi connectivity index (χ1v) is 9.13. The van der Waals surface area contributed by atoms with Crippen molar-refractivity contribution in [1.29, 1.82) is 0 Å². The Balaban J connectivity index is 1.74. The number of aromatic nitrogens is 3. The molecule has 0 saturated heterocycles. The molecule has 1 N–H and O–H groups in total. The fraction of sp³-hybridized carbons (Fsp3) is 0.316. The van der Waals surface area contributed by atoms with E-state index in [2.05, 4.69) is 51.2 Å². The lowest BCUT2D eigenvalue weighted by Crippen LogP contribution is -2.26. The monoisotopic (exact) mass is 400 g/mol. The zero-order chi connectivity index (χ0) is 18.0. The van der Waals surface area contributed by atoms with Gasteiger partial charge in [-0.3, -0.25) is 4.79 Å². The highest BCUT2D eigenvalue weighted by Crippen LogP contribution is 2.19. The summed E-state index contributed by atoms with van der Waals surface area (Å²) in [6, 6.07) is 10.1. The lowest BCUT2D eigenvalue weighted by molar-refractivity contribution is 0.0953. The van der Waals surface area contributed by atoms with Crippen LogP contribution in [0.1, 0.15) is 41.5 Å². The Kier molecular flexibility index (Phi) is 5.18. The van der Waals surface area contributed by atoms with Crippen molar-refractivity contribution in [2.75, 3.05) is 6.54 Å². The van der Waals surface area contributed by atoms with Gasteiger partial charge in [0.05, 0.1) is 17.5 Å². The Hall–Kier alpha value is -2.21. The molecule has 1 aromatic carbocycles. The predicted octanol–water partition coefficient (Wildman–Crippen LogP) is 4.06. The van der Waals surface area contributed by atoms with Crippen molar-refractivity contribution in [1.82, 2.24) is 20.1 Å². The van der Waals surface area contributed by atoms with Gasteiger partial charge >= 0.3 is 0 Å². The van der Waals surface area contributed by atoms with E-state index in [1.807, 2.05) is 35.9 Å². The first-order valence-electron chi connectivity index (χ1n) is 8.34. The first-order chi connectivity index (χ1) is 12.0. The fourth-order valence-electron chi connectivity index (χ4n) is 2.78. The number of carbonyl (C=O) groups excluding carboxylic acids is 1. The van der Waals surface area contributed by atoms with E-state index < -0.39 is 0 Å². The number of nitrogens with zero attached hydrogens (tertiary/aromatic N) is 3. The predicted molar refractivity (Wildman–Crippen MR) is 103 cm³/mol. The summed E-state index contributed by atoms with van der Waals surface area (Å²) in [5.41, 5.74) is 3.31. The quantitative estimate of drug-likeness (QED) is 0.702. The average Bonchev–Trinajstić information content (AvgIpc) is 2.98. The number of rotatable bonds is 5. The summed E-state index contributed by atoms with van der Waals surface area (Å²) in [5.74, 6) is -0.101. The van der Waals surface area contributed by atoms with Crippen molar-refractivity contribution < 1.29 is 4.79 Å². The van der Waals surface area contributed by atoms with Gasteiger partial charge in [0.2, 0.25) is 0 Å². The molecule has 0 saturated carbocycles. The highest BCUT2D eigenvalue weighted by Gasteiger charge is 2.15. The summed E-state index contributed by atoms with van der Waals surface area (Å²) in [6.45, 7) is 6.56.